The van der Waals surface area contributed by atoms with Crippen LogP contribution in [-0.2, 0) is 0 Å². The van der Waals surface area contributed by atoms with Gasteiger partial charge in [-0.3, -0.25) is 9.80 Å². The molecule has 1 aromatic rings. The third kappa shape index (κ3) is 3.45. The van der Waals surface area contributed by atoms with Crippen molar-refractivity contribution in [3.05, 3.63) is 33.3 Å². The molecule has 0 saturated carbocycles. The topological polar surface area (TPSA) is 32.5 Å². The molecule has 5 heteroatoms. The second-order valence-corrected chi connectivity index (χ2v) is 7.42. The molecule has 3 nitrogen and oxygen atoms in total. The molecule has 2 heterocycles. The Labute approximate surface area is 140 Å². The summed E-state index contributed by atoms with van der Waals surface area (Å²) < 4.78 is 1.02. The van der Waals surface area contributed by atoms with Crippen LogP contribution in [0.3, 0.4) is 0 Å². The Balaban J connectivity index is 1.72. The van der Waals surface area contributed by atoms with Crippen LogP contribution < -0.4 is 5.73 Å². The van der Waals surface area contributed by atoms with Gasteiger partial charge in [0.05, 0.1) is 0 Å². The minimum absolute atomic E-state index is 0.234. The monoisotopic (exact) mass is 371 g/mol. The maximum Gasteiger partial charge on any atom is 0.0485 e. The first-order valence-electron chi connectivity index (χ1n) is 7.82. The molecular weight excluding hydrogens is 350 g/mol. The van der Waals surface area contributed by atoms with E-state index < -0.39 is 0 Å². The molecule has 2 saturated heterocycles. The third-order valence-corrected chi connectivity index (χ3v) is 5.66. The maximum absolute atomic E-state index is 6.42. The van der Waals surface area contributed by atoms with E-state index in [-0.39, 0.29) is 6.04 Å². The van der Waals surface area contributed by atoms with Crippen molar-refractivity contribution in [1.82, 2.24) is 9.80 Å². The van der Waals surface area contributed by atoms with Crippen LogP contribution in [0.1, 0.15) is 30.9 Å². The molecule has 0 spiro atoms. The maximum atomic E-state index is 6.42. The number of nitrogens with zero attached hydrogens (tertiary/aromatic N) is 2. The van der Waals surface area contributed by atoms with Crippen LogP contribution in [-0.4, -0.2) is 48.6 Å². The van der Waals surface area contributed by atoms with Crippen molar-refractivity contribution in [3.63, 3.8) is 0 Å². The van der Waals surface area contributed by atoms with E-state index in [0.717, 1.165) is 28.1 Å². The summed E-state index contributed by atoms with van der Waals surface area (Å²) in [5, 5.41) is 0.810. The van der Waals surface area contributed by atoms with Crippen molar-refractivity contribution in [2.45, 2.75) is 31.3 Å². The Hall–Kier alpha value is -0.130. The van der Waals surface area contributed by atoms with Crippen LogP contribution in [0.2, 0.25) is 5.02 Å². The van der Waals surface area contributed by atoms with Gasteiger partial charge in [0, 0.05) is 41.2 Å². The van der Waals surface area contributed by atoms with Crippen LogP contribution in [0.25, 0.3) is 0 Å². The smallest absolute Gasteiger partial charge is 0.0485 e. The van der Waals surface area contributed by atoms with Gasteiger partial charge < -0.3 is 5.73 Å². The summed E-state index contributed by atoms with van der Waals surface area (Å²) in [4.78, 5) is 5.16. The highest BCUT2D eigenvalue weighted by atomic mass is 79.9. The Bertz CT molecular complexity index is 490. The van der Waals surface area contributed by atoms with Gasteiger partial charge in [0.15, 0.2) is 0 Å². The van der Waals surface area contributed by atoms with Gasteiger partial charge in [-0.25, -0.2) is 0 Å². The molecule has 1 aromatic carbocycles. The van der Waals surface area contributed by atoms with E-state index in [9.17, 15) is 0 Å². The summed E-state index contributed by atoms with van der Waals surface area (Å²) in [7, 11) is 0. The van der Waals surface area contributed by atoms with Gasteiger partial charge in [0.2, 0.25) is 0 Å². The van der Waals surface area contributed by atoms with Crippen molar-refractivity contribution in [2.24, 2.45) is 5.73 Å². The summed E-state index contributed by atoms with van der Waals surface area (Å²) in [6, 6.07) is 7.06. The fraction of sp³-hybridized carbons (Fsp3) is 0.625. The second-order valence-electron chi connectivity index (χ2n) is 6.10. The van der Waals surface area contributed by atoms with Crippen molar-refractivity contribution in [1.29, 1.82) is 0 Å². The summed E-state index contributed by atoms with van der Waals surface area (Å²) in [5.74, 6) is 0. The lowest BCUT2D eigenvalue weighted by atomic mass is 10.1. The molecule has 0 aromatic heterocycles. The van der Waals surface area contributed by atoms with Gasteiger partial charge in [-0.15, -0.1) is 0 Å². The molecule has 2 aliphatic heterocycles. The van der Waals surface area contributed by atoms with Gasteiger partial charge in [-0.05, 0) is 50.0 Å². The van der Waals surface area contributed by atoms with E-state index >= 15 is 0 Å². The minimum atomic E-state index is 0.234. The Morgan fingerprint density at radius 3 is 2.71 bits per heavy atom. The number of halogens is 2. The average molecular weight is 373 g/mol. The molecule has 2 aliphatic rings. The predicted molar refractivity (Wildman–Crippen MR) is 91.7 cm³/mol. The number of benzene rings is 1. The van der Waals surface area contributed by atoms with Crippen LogP contribution in [0.15, 0.2) is 22.7 Å². The highest BCUT2D eigenvalue weighted by Crippen LogP contribution is 2.32. The summed E-state index contributed by atoms with van der Waals surface area (Å²) in [5.41, 5.74) is 7.22. The number of hydrogen-bond acceptors (Lipinski definition) is 3. The summed E-state index contributed by atoms with van der Waals surface area (Å²) >= 11 is 9.89. The van der Waals surface area contributed by atoms with Crippen molar-refractivity contribution in [2.75, 3.05) is 32.7 Å². The Morgan fingerprint density at radius 2 is 2.05 bits per heavy atom. The zero-order valence-electron chi connectivity index (χ0n) is 12.3. The molecule has 0 bridgehead atoms. The molecule has 2 atom stereocenters. The highest BCUT2D eigenvalue weighted by Gasteiger charge is 2.33. The molecule has 2 fully saturated rings. The molecule has 21 heavy (non-hydrogen) atoms. The first-order valence-corrected chi connectivity index (χ1v) is 8.99. The Kier molecular flexibility index (Phi) is 5.23. The molecule has 2 N–H and O–H groups in total. The third-order valence-electron chi connectivity index (χ3n) is 4.84. The molecule has 0 amide bonds. The van der Waals surface area contributed by atoms with E-state index in [4.69, 9.17) is 17.3 Å². The number of likely N-dealkylation sites (tertiary alicyclic amines) is 2. The van der Waals surface area contributed by atoms with Crippen molar-refractivity contribution < 1.29 is 0 Å². The molecule has 0 aliphatic carbocycles. The fourth-order valence-corrected chi connectivity index (χ4v) is 4.50. The van der Waals surface area contributed by atoms with E-state index in [2.05, 4.69) is 37.9 Å². The Morgan fingerprint density at radius 1 is 1.29 bits per heavy atom. The highest BCUT2D eigenvalue weighted by molar-refractivity contribution is 9.10. The normalized spacial score (nSPS) is 25.6. The molecule has 116 valence electrons. The van der Waals surface area contributed by atoms with E-state index in [1.54, 1.807) is 0 Å². The van der Waals surface area contributed by atoms with Crippen LogP contribution >= 0.6 is 27.5 Å². The van der Waals surface area contributed by atoms with Crippen LogP contribution in [0.4, 0.5) is 0 Å². The van der Waals surface area contributed by atoms with Crippen LogP contribution in [0, 0.1) is 0 Å². The number of nitrogens with two attached hydrogens (primary N) is 1. The van der Waals surface area contributed by atoms with E-state index in [1.807, 2.05) is 6.07 Å². The zero-order chi connectivity index (χ0) is 14.8. The van der Waals surface area contributed by atoms with E-state index in [1.165, 1.54) is 32.4 Å². The second kappa shape index (κ2) is 6.97. The number of rotatable bonds is 4. The standard InChI is InChI=1S/C16H23BrClN3/c17-12-3-4-14(15(18)9-12)16(10-19)21-8-5-13(11-21)20-6-1-2-7-20/h3-4,9,13,16H,1-2,5-8,10-11,19H2. The van der Waals surface area contributed by atoms with Gasteiger partial charge >= 0.3 is 0 Å². The van der Waals surface area contributed by atoms with Crippen molar-refractivity contribution >= 4 is 27.5 Å². The molecule has 0 radical (unpaired) electrons. The first-order chi connectivity index (χ1) is 10.2. The lowest BCUT2D eigenvalue weighted by Crippen LogP contribution is -2.38. The lowest BCUT2D eigenvalue weighted by Gasteiger charge is -2.29. The molecule has 2 unspecified atom stereocenters. The number of hydrogen-bond donors (Lipinski definition) is 1. The fourth-order valence-electron chi connectivity index (χ4n) is 3.70. The largest absolute Gasteiger partial charge is 0.329 e. The zero-order valence-corrected chi connectivity index (χ0v) is 14.6. The summed E-state index contributed by atoms with van der Waals surface area (Å²) in [6.07, 6.45) is 3.97. The predicted octanol–water partition coefficient (Wildman–Crippen LogP) is 3.27. The molecule has 3 rings (SSSR count). The quantitative estimate of drug-likeness (QED) is 0.880. The lowest BCUT2D eigenvalue weighted by molar-refractivity contribution is 0.203. The first kappa shape index (κ1) is 15.8. The van der Waals surface area contributed by atoms with Crippen molar-refractivity contribution in [3.8, 4) is 0 Å². The summed E-state index contributed by atoms with van der Waals surface area (Å²) in [6.45, 7) is 5.40. The minimum Gasteiger partial charge on any atom is -0.329 e. The average Bonchev–Trinajstić information content (AvgIpc) is 3.12. The van der Waals surface area contributed by atoms with Gasteiger partial charge in [-0.1, -0.05) is 33.6 Å². The van der Waals surface area contributed by atoms with E-state index in [0.29, 0.717) is 12.6 Å². The van der Waals surface area contributed by atoms with Gasteiger partial charge in [0.1, 0.15) is 0 Å². The SMILES string of the molecule is NCC(c1ccc(Br)cc1Cl)N1CCC(N2CCCC2)C1. The van der Waals surface area contributed by atoms with Gasteiger partial charge in [0.25, 0.3) is 0 Å². The van der Waals surface area contributed by atoms with Gasteiger partial charge in [-0.2, -0.15) is 0 Å². The molecular formula is C16H23BrClN3. The van der Waals surface area contributed by atoms with Crippen LogP contribution in [0.5, 0.6) is 0 Å².